The van der Waals surface area contributed by atoms with Crippen LogP contribution in [0.3, 0.4) is 0 Å². The highest BCUT2D eigenvalue weighted by Crippen LogP contribution is 2.38. The summed E-state index contributed by atoms with van der Waals surface area (Å²) in [4.78, 5) is 11.5. The van der Waals surface area contributed by atoms with Crippen molar-refractivity contribution in [2.24, 2.45) is 11.8 Å². The molecule has 5 atom stereocenters. The van der Waals surface area contributed by atoms with Crippen molar-refractivity contribution in [1.82, 2.24) is 0 Å². The molecule has 1 aliphatic carbocycles. The zero-order chi connectivity index (χ0) is 22.6. The van der Waals surface area contributed by atoms with Crippen molar-refractivity contribution in [3.05, 3.63) is 48.0 Å². The van der Waals surface area contributed by atoms with Crippen molar-refractivity contribution < 1.29 is 24.9 Å². The Morgan fingerprint density at radius 3 is 2.52 bits per heavy atom. The summed E-state index contributed by atoms with van der Waals surface area (Å²) < 4.78 is 5.12. The van der Waals surface area contributed by atoms with E-state index in [4.69, 9.17) is 4.74 Å². The highest BCUT2D eigenvalue weighted by Gasteiger charge is 2.40. The van der Waals surface area contributed by atoms with E-state index in [2.05, 4.69) is 18.2 Å². The molecule has 3 N–H and O–H groups in total. The van der Waals surface area contributed by atoms with Crippen molar-refractivity contribution in [3.63, 3.8) is 0 Å². The maximum atomic E-state index is 11.5. The van der Waals surface area contributed by atoms with Crippen molar-refractivity contribution in [3.8, 4) is 0 Å². The monoisotopic (exact) mass is 432 g/mol. The number of benzene rings is 1. The van der Waals surface area contributed by atoms with Crippen molar-refractivity contribution in [2.75, 3.05) is 0 Å². The first-order valence-corrected chi connectivity index (χ1v) is 11.8. The van der Waals surface area contributed by atoms with Crippen molar-refractivity contribution >= 4 is 5.97 Å². The number of carbonyl (C=O) groups is 1. The van der Waals surface area contributed by atoms with E-state index in [1.165, 1.54) is 5.56 Å². The number of rotatable bonds is 13. The fourth-order valence-corrected chi connectivity index (χ4v) is 4.47. The van der Waals surface area contributed by atoms with Crippen LogP contribution < -0.4 is 0 Å². The van der Waals surface area contributed by atoms with Crippen molar-refractivity contribution in [2.45, 2.75) is 96.1 Å². The first-order valence-electron chi connectivity index (χ1n) is 11.8. The van der Waals surface area contributed by atoms with Gasteiger partial charge in [-0.05, 0) is 82.6 Å². The molecule has 1 aromatic rings. The highest BCUT2D eigenvalue weighted by molar-refractivity contribution is 5.69. The molecule has 1 aromatic carbocycles. The third kappa shape index (κ3) is 9.55. The molecule has 0 aliphatic heterocycles. The summed E-state index contributed by atoms with van der Waals surface area (Å²) in [6.07, 6.45) is 8.58. The zero-order valence-corrected chi connectivity index (χ0v) is 19.0. The second-order valence-electron chi connectivity index (χ2n) is 9.09. The Kier molecular flexibility index (Phi) is 11.3. The molecule has 5 nitrogen and oxygen atoms in total. The number of carbonyl (C=O) groups excluding carboxylic acids is 1. The minimum atomic E-state index is -0.513. The molecule has 0 radical (unpaired) electrons. The number of ether oxygens (including phenoxy) is 1. The normalized spacial score (nSPS) is 24.7. The third-order valence-electron chi connectivity index (χ3n) is 6.16. The Labute approximate surface area is 187 Å². The van der Waals surface area contributed by atoms with Gasteiger partial charge in [0.1, 0.15) is 0 Å². The number of esters is 1. The average Bonchev–Trinajstić information content (AvgIpc) is 3.00. The molecule has 1 saturated carbocycles. The molecule has 1 aliphatic rings. The molecule has 0 spiro atoms. The van der Waals surface area contributed by atoms with Gasteiger partial charge in [0.2, 0.25) is 0 Å². The van der Waals surface area contributed by atoms with Gasteiger partial charge >= 0.3 is 5.97 Å². The Bertz CT molecular complexity index is 657. The Morgan fingerprint density at radius 2 is 1.81 bits per heavy atom. The van der Waals surface area contributed by atoms with Gasteiger partial charge in [0.25, 0.3) is 0 Å². The van der Waals surface area contributed by atoms with Crippen LogP contribution in [0.2, 0.25) is 0 Å². The summed E-state index contributed by atoms with van der Waals surface area (Å²) in [5, 5.41) is 31.2. The van der Waals surface area contributed by atoms with Gasteiger partial charge in [-0.2, -0.15) is 0 Å². The fraction of sp³-hybridized carbons (Fsp3) is 0.654. The van der Waals surface area contributed by atoms with Crippen molar-refractivity contribution in [1.29, 1.82) is 0 Å². The summed E-state index contributed by atoms with van der Waals surface area (Å²) in [6, 6.07) is 10.1. The van der Waals surface area contributed by atoms with Gasteiger partial charge in [0.15, 0.2) is 0 Å². The lowest BCUT2D eigenvalue weighted by molar-refractivity contribution is -0.147. The van der Waals surface area contributed by atoms with E-state index in [1.54, 1.807) is 0 Å². The predicted octanol–water partition coefficient (Wildman–Crippen LogP) is 4.19. The number of aliphatic hydroxyl groups is 3. The van der Waals surface area contributed by atoms with E-state index in [9.17, 15) is 20.1 Å². The molecule has 31 heavy (non-hydrogen) atoms. The molecular weight excluding hydrogens is 392 g/mol. The van der Waals surface area contributed by atoms with Crippen LogP contribution >= 0.6 is 0 Å². The second kappa shape index (κ2) is 13.7. The minimum Gasteiger partial charge on any atom is -0.463 e. The van der Waals surface area contributed by atoms with E-state index in [1.807, 2.05) is 38.1 Å². The third-order valence-corrected chi connectivity index (χ3v) is 6.16. The van der Waals surface area contributed by atoms with E-state index >= 15 is 0 Å². The largest absolute Gasteiger partial charge is 0.463 e. The summed E-state index contributed by atoms with van der Waals surface area (Å²) >= 11 is 0. The maximum Gasteiger partial charge on any atom is 0.306 e. The Morgan fingerprint density at radius 1 is 1.10 bits per heavy atom. The number of aryl methyl sites for hydroxylation is 1. The minimum absolute atomic E-state index is 0.00652. The van der Waals surface area contributed by atoms with Gasteiger partial charge in [-0.25, -0.2) is 0 Å². The smallest absolute Gasteiger partial charge is 0.306 e. The van der Waals surface area contributed by atoms with Gasteiger partial charge in [0.05, 0.1) is 24.4 Å². The van der Waals surface area contributed by atoms with Crippen LogP contribution in [0.5, 0.6) is 0 Å². The number of hydrogen-bond acceptors (Lipinski definition) is 5. The van der Waals surface area contributed by atoms with E-state index in [0.717, 1.165) is 19.3 Å². The topological polar surface area (TPSA) is 87.0 Å². The fourth-order valence-electron chi connectivity index (χ4n) is 4.47. The second-order valence-corrected chi connectivity index (χ2v) is 9.09. The molecule has 1 fully saturated rings. The van der Waals surface area contributed by atoms with Crippen LogP contribution in [-0.2, 0) is 16.0 Å². The molecule has 0 amide bonds. The van der Waals surface area contributed by atoms with Crippen LogP contribution in [0.1, 0.15) is 70.8 Å². The lowest BCUT2D eigenvalue weighted by Crippen LogP contribution is -2.23. The molecule has 0 heterocycles. The van der Waals surface area contributed by atoms with Gasteiger partial charge < -0.3 is 20.1 Å². The lowest BCUT2D eigenvalue weighted by atomic mass is 9.85. The zero-order valence-electron chi connectivity index (χ0n) is 19.0. The first-order chi connectivity index (χ1) is 14.9. The average molecular weight is 433 g/mol. The summed E-state index contributed by atoms with van der Waals surface area (Å²) in [7, 11) is 0. The van der Waals surface area contributed by atoms with Crippen LogP contribution in [-0.4, -0.2) is 45.7 Å². The molecule has 5 heteroatoms. The van der Waals surface area contributed by atoms with Gasteiger partial charge in [0, 0.05) is 6.42 Å². The SMILES string of the molecule is CC(C)OC(=O)CCC/C=C/C[C@H]1[C@H](CC[C@@H](O)CCc2ccccc2)[C@@H](O)C[C@H]1O. The van der Waals surface area contributed by atoms with Crippen LogP contribution in [0.4, 0.5) is 0 Å². The standard InChI is InChI=1S/C26H40O5/c1-19(2)31-26(30)13-9-4-3-8-12-22-23(25(29)18-24(22)28)17-16-21(27)15-14-20-10-6-5-7-11-20/h3,5-8,10-11,19,21-25,27-29H,4,9,12-18H2,1-2H3/b8-3+/t21-,22-,23-,24+,25-/m0/s1. The van der Waals surface area contributed by atoms with E-state index in [0.29, 0.717) is 38.5 Å². The summed E-state index contributed by atoms with van der Waals surface area (Å²) in [6.45, 7) is 3.69. The maximum absolute atomic E-state index is 11.5. The number of hydrogen-bond donors (Lipinski definition) is 3. The predicted molar refractivity (Wildman–Crippen MR) is 122 cm³/mol. The van der Waals surface area contributed by atoms with Gasteiger partial charge in [-0.3, -0.25) is 4.79 Å². The Balaban J connectivity index is 1.70. The highest BCUT2D eigenvalue weighted by atomic mass is 16.5. The van der Waals surface area contributed by atoms with Crippen LogP contribution in [0.25, 0.3) is 0 Å². The molecule has 2 rings (SSSR count). The van der Waals surface area contributed by atoms with E-state index in [-0.39, 0.29) is 23.9 Å². The Hall–Kier alpha value is -1.69. The van der Waals surface area contributed by atoms with Gasteiger partial charge in [-0.15, -0.1) is 0 Å². The summed E-state index contributed by atoms with van der Waals surface area (Å²) in [5.41, 5.74) is 1.22. The lowest BCUT2D eigenvalue weighted by Gasteiger charge is -2.23. The van der Waals surface area contributed by atoms with Gasteiger partial charge in [-0.1, -0.05) is 42.5 Å². The number of aliphatic hydroxyl groups excluding tert-OH is 3. The molecule has 0 aromatic heterocycles. The van der Waals surface area contributed by atoms with E-state index < -0.39 is 18.3 Å². The molecule has 174 valence electrons. The molecule has 0 saturated heterocycles. The summed E-state index contributed by atoms with van der Waals surface area (Å²) in [5.74, 6) is -0.144. The first kappa shape index (κ1) is 25.6. The number of unbranched alkanes of at least 4 members (excludes halogenated alkanes) is 1. The molecule has 0 unspecified atom stereocenters. The molecule has 0 bridgehead atoms. The number of allylic oxidation sites excluding steroid dienone is 2. The molecular formula is C26H40O5. The van der Waals surface area contributed by atoms with Crippen LogP contribution in [0.15, 0.2) is 42.5 Å². The quantitative estimate of drug-likeness (QED) is 0.247. The van der Waals surface area contributed by atoms with Crippen LogP contribution in [0, 0.1) is 11.8 Å².